The van der Waals surface area contributed by atoms with E-state index in [0.29, 0.717) is 37.5 Å². The van der Waals surface area contributed by atoms with Crippen molar-refractivity contribution in [3.63, 3.8) is 0 Å². The molecule has 0 aliphatic carbocycles. The third kappa shape index (κ3) is 6.82. The van der Waals surface area contributed by atoms with Crippen LogP contribution in [0.2, 0.25) is 0 Å². The van der Waals surface area contributed by atoms with Gasteiger partial charge in [-0.3, -0.25) is 9.40 Å². The van der Waals surface area contributed by atoms with E-state index >= 15 is 0 Å². The number of ether oxygens (including phenoxy) is 1. The molecule has 3 aromatic carbocycles. The Morgan fingerprint density at radius 1 is 1.06 bits per heavy atom. The Morgan fingerprint density at radius 2 is 1.86 bits per heavy atom. The number of nitrogens with zero attached hydrogens (tertiary/aromatic N) is 2. The van der Waals surface area contributed by atoms with Crippen molar-refractivity contribution in [2.24, 2.45) is 0 Å². The number of nitrogens with one attached hydrogen (secondary N) is 2. The first-order chi connectivity index (χ1) is 16.8. The molecule has 0 saturated heterocycles. The van der Waals surface area contributed by atoms with Gasteiger partial charge in [-0.1, -0.05) is 42.5 Å². The standard InChI is InChI=1S/C26H30N4O4S/c1-19-24-12-11-23(16-25(24)30(28-19)18-20-7-4-3-5-8-20)34-14-13-27-17-26(31)21-9-6-10-22(15-21)29-35(2,32)33/h3-12,15-16,26-27,29,31H,13-14,17-18H2,1-2H3/t26-/m0/s1. The lowest BCUT2D eigenvalue weighted by molar-refractivity contribution is 0.172. The number of hydrogen-bond acceptors (Lipinski definition) is 6. The van der Waals surface area contributed by atoms with Crippen LogP contribution in [-0.4, -0.2) is 49.3 Å². The molecule has 1 aromatic heterocycles. The van der Waals surface area contributed by atoms with E-state index in [1.807, 2.05) is 48.0 Å². The number of aliphatic hydroxyl groups is 1. The molecule has 8 nitrogen and oxygen atoms in total. The molecule has 0 bridgehead atoms. The highest BCUT2D eigenvalue weighted by Crippen LogP contribution is 2.24. The molecule has 0 saturated carbocycles. The first-order valence-corrected chi connectivity index (χ1v) is 13.3. The van der Waals surface area contributed by atoms with E-state index < -0.39 is 16.1 Å². The summed E-state index contributed by atoms with van der Waals surface area (Å²) in [6.45, 7) is 3.98. The summed E-state index contributed by atoms with van der Waals surface area (Å²) in [6.07, 6.45) is 0.316. The molecular weight excluding hydrogens is 464 g/mol. The predicted molar refractivity (Wildman–Crippen MR) is 138 cm³/mol. The van der Waals surface area contributed by atoms with Gasteiger partial charge in [0.15, 0.2) is 0 Å². The number of hydrogen-bond donors (Lipinski definition) is 3. The summed E-state index contributed by atoms with van der Waals surface area (Å²) in [4.78, 5) is 0. The van der Waals surface area contributed by atoms with Crippen LogP contribution in [0.4, 0.5) is 5.69 Å². The van der Waals surface area contributed by atoms with Gasteiger partial charge in [-0.2, -0.15) is 5.10 Å². The van der Waals surface area contributed by atoms with Gasteiger partial charge in [0.2, 0.25) is 10.0 Å². The lowest BCUT2D eigenvalue weighted by atomic mass is 10.1. The third-order valence-electron chi connectivity index (χ3n) is 5.54. The van der Waals surface area contributed by atoms with E-state index in [-0.39, 0.29) is 0 Å². The molecule has 0 amide bonds. The van der Waals surface area contributed by atoms with Crippen molar-refractivity contribution in [3.8, 4) is 5.75 Å². The molecule has 35 heavy (non-hydrogen) atoms. The first kappa shape index (κ1) is 24.7. The molecule has 0 aliphatic rings. The maximum Gasteiger partial charge on any atom is 0.229 e. The summed E-state index contributed by atoms with van der Waals surface area (Å²) in [5.74, 6) is 0.758. The molecule has 0 radical (unpaired) electrons. The second kappa shape index (κ2) is 10.9. The summed E-state index contributed by atoms with van der Waals surface area (Å²) < 4.78 is 33.2. The van der Waals surface area contributed by atoms with Crippen LogP contribution < -0.4 is 14.8 Å². The number of aromatic nitrogens is 2. The van der Waals surface area contributed by atoms with Crippen molar-refractivity contribution in [1.82, 2.24) is 15.1 Å². The summed E-state index contributed by atoms with van der Waals surface area (Å²) >= 11 is 0. The van der Waals surface area contributed by atoms with Crippen LogP contribution in [0.1, 0.15) is 22.9 Å². The minimum Gasteiger partial charge on any atom is -0.492 e. The van der Waals surface area contributed by atoms with Gasteiger partial charge in [-0.05, 0) is 42.3 Å². The van der Waals surface area contributed by atoms with Gasteiger partial charge < -0.3 is 15.2 Å². The maximum absolute atomic E-state index is 11.4. The highest BCUT2D eigenvalue weighted by Gasteiger charge is 2.11. The molecule has 4 rings (SSSR count). The van der Waals surface area contributed by atoms with Gasteiger partial charge in [-0.25, -0.2) is 8.42 Å². The smallest absolute Gasteiger partial charge is 0.229 e. The summed E-state index contributed by atoms with van der Waals surface area (Å²) in [5.41, 5.74) is 4.23. The van der Waals surface area contributed by atoms with Crippen molar-refractivity contribution in [1.29, 1.82) is 0 Å². The molecule has 4 aromatic rings. The average Bonchev–Trinajstić information content (AvgIpc) is 3.13. The van der Waals surface area contributed by atoms with Crippen LogP contribution in [0.5, 0.6) is 5.75 Å². The number of benzene rings is 3. The van der Waals surface area contributed by atoms with Crippen molar-refractivity contribution in [3.05, 3.63) is 89.6 Å². The minimum absolute atomic E-state index is 0.313. The molecule has 9 heteroatoms. The number of rotatable bonds is 11. The average molecular weight is 495 g/mol. The summed E-state index contributed by atoms with van der Waals surface area (Å²) in [5, 5.41) is 19.4. The van der Waals surface area contributed by atoms with Crippen LogP contribution >= 0.6 is 0 Å². The number of fused-ring (bicyclic) bond motifs is 1. The lowest BCUT2D eigenvalue weighted by Crippen LogP contribution is -2.26. The quantitative estimate of drug-likeness (QED) is 0.276. The molecule has 184 valence electrons. The molecule has 1 heterocycles. The molecule has 3 N–H and O–H groups in total. The minimum atomic E-state index is -3.37. The Bertz CT molecular complexity index is 1390. The number of aliphatic hydroxyl groups excluding tert-OH is 1. The molecule has 1 atom stereocenters. The van der Waals surface area contributed by atoms with Gasteiger partial charge in [0.25, 0.3) is 0 Å². The van der Waals surface area contributed by atoms with E-state index in [4.69, 9.17) is 9.84 Å². The summed E-state index contributed by atoms with van der Waals surface area (Å²) in [6, 6.07) is 22.9. The predicted octanol–water partition coefficient (Wildman–Crippen LogP) is 3.47. The summed E-state index contributed by atoms with van der Waals surface area (Å²) in [7, 11) is -3.37. The van der Waals surface area contributed by atoms with E-state index in [0.717, 1.165) is 28.6 Å². The number of sulfonamides is 1. The van der Waals surface area contributed by atoms with E-state index in [1.165, 1.54) is 5.56 Å². The van der Waals surface area contributed by atoms with Gasteiger partial charge in [0.05, 0.1) is 30.1 Å². The lowest BCUT2D eigenvalue weighted by Gasteiger charge is -2.14. The highest BCUT2D eigenvalue weighted by molar-refractivity contribution is 7.92. The normalized spacial score (nSPS) is 12.5. The maximum atomic E-state index is 11.4. The Balaban J connectivity index is 1.30. The van der Waals surface area contributed by atoms with E-state index in [2.05, 4.69) is 22.2 Å². The topological polar surface area (TPSA) is 105 Å². The van der Waals surface area contributed by atoms with Crippen molar-refractivity contribution in [2.75, 3.05) is 30.7 Å². The second-order valence-corrected chi connectivity index (χ2v) is 10.2. The fraction of sp³-hybridized carbons (Fsp3) is 0.269. The number of aryl methyl sites for hydroxylation is 1. The van der Waals surface area contributed by atoms with Crippen LogP contribution in [0.25, 0.3) is 10.9 Å². The zero-order valence-corrected chi connectivity index (χ0v) is 20.6. The zero-order valence-electron chi connectivity index (χ0n) is 19.8. The van der Waals surface area contributed by atoms with Crippen LogP contribution in [0.3, 0.4) is 0 Å². The molecule has 0 fully saturated rings. The van der Waals surface area contributed by atoms with Crippen molar-refractivity contribution < 1.29 is 18.3 Å². The monoisotopic (exact) mass is 494 g/mol. The van der Waals surface area contributed by atoms with Crippen molar-refractivity contribution in [2.45, 2.75) is 19.6 Å². The molecule has 0 aliphatic heterocycles. The molecule has 0 unspecified atom stereocenters. The highest BCUT2D eigenvalue weighted by atomic mass is 32.2. The third-order valence-corrected chi connectivity index (χ3v) is 6.15. The largest absolute Gasteiger partial charge is 0.492 e. The Labute approximate surface area is 205 Å². The zero-order chi connectivity index (χ0) is 24.8. The van der Waals surface area contributed by atoms with Crippen LogP contribution in [0.15, 0.2) is 72.8 Å². The van der Waals surface area contributed by atoms with Gasteiger partial charge >= 0.3 is 0 Å². The second-order valence-electron chi connectivity index (χ2n) is 8.48. The molecular formula is C26H30N4O4S. The van der Waals surface area contributed by atoms with E-state index in [1.54, 1.807) is 24.3 Å². The van der Waals surface area contributed by atoms with Crippen molar-refractivity contribution >= 4 is 26.6 Å². The first-order valence-electron chi connectivity index (χ1n) is 11.4. The Morgan fingerprint density at radius 3 is 2.63 bits per heavy atom. The van der Waals surface area contributed by atoms with Crippen LogP contribution in [0, 0.1) is 6.92 Å². The SMILES string of the molecule is Cc1nn(Cc2ccccc2)c2cc(OCCNC[C@H](O)c3cccc(NS(C)(=O)=O)c3)ccc12. The van der Waals surface area contributed by atoms with Gasteiger partial charge in [-0.15, -0.1) is 0 Å². The van der Waals surface area contributed by atoms with Crippen LogP contribution in [-0.2, 0) is 16.6 Å². The van der Waals surface area contributed by atoms with E-state index in [9.17, 15) is 13.5 Å². The molecule has 0 spiro atoms. The van der Waals surface area contributed by atoms with Gasteiger partial charge in [0.1, 0.15) is 12.4 Å². The Hall–Kier alpha value is -3.40. The van der Waals surface area contributed by atoms with Gasteiger partial charge in [0, 0.05) is 30.2 Å². The fourth-order valence-electron chi connectivity index (χ4n) is 3.91. The Kier molecular flexibility index (Phi) is 7.70. The number of anilines is 1. The fourth-order valence-corrected chi connectivity index (χ4v) is 4.46.